The molecule has 0 aliphatic heterocycles. The molecule has 0 bridgehead atoms. The first-order chi connectivity index (χ1) is 7.22. The standard InChI is InChI=1S/C11H16O4/c1-14-8-3-4-11(15-2)9(7-8)10(13)5-6-12/h3-4,7,10,12-13H,5-6H2,1-2H3. The molecule has 1 aromatic carbocycles. The van der Waals surface area contributed by atoms with Gasteiger partial charge in [-0.3, -0.25) is 0 Å². The van der Waals surface area contributed by atoms with E-state index in [4.69, 9.17) is 14.6 Å². The highest BCUT2D eigenvalue weighted by Gasteiger charge is 2.13. The first-order valence-corrected chi connectivity index (χ1v) is 4.73. The highest BCUT2D eigenvalue weighted by molar-refractivity contribution is 5.41. The molecule has 84 valence electrons. The molecule has 0 saturated heterocycles. The number of methoxy groups -OCH3 is 2. The molecule has 0 aliphatic carbocycles. The number of benzene rings is 1. The highest BCUT2D eigenvalue weighted by atomic mass is 16.5. The summed E-state index contributed by atoms with van der Waals surface area (Å²) in [5, 5.41) is 18.5. The quantitative estimate of drug-likeness (QED) is 0.768. The van der Waals surface area contributed by atoms with Crippen molar-refractivity contribution in [3.05, 3.63) is 23.8 Å². The maximum absolute atomic E-state index is 9.76. The summed E-state index contributed by atoms with van der Waals surface area (Å²) in [6, 6.07) is 5.20. The third-order valence-corrected chi connectivity index (χ3v) is 2.20. The third-order valence-electron chi connectivity index (χ3n) is 2.20. The molecule has 15 heavy (non-hydrogen) atoms. The van der Waals surface area contributed by atoms with E-state index in [9.17, 15) is 5.11 Å². The molecule has 0 spiro atoms. The van der Waals surface area contributed by atoms with Crippen LogP contribution in [-0.4, -0.2) is 31.0 Å². The Bertz CT molecular complexity index is 311. The van der Waals surface area contributed by atoms with Crippen LogP contribution in [0.5, 0.6) is 11.5 Å². The van der Waals surface area contributed by atoms with Crippen LogP contribution in [0.15, 0.2) is 18.2 Å². The Hall–Kier alpha value is -1.26. The number of aliphatic hydroxyl groups excluding tert-OH is 2. The van der Waals surface area contributed by atoms with Crippen LogP contribution in [0.25, 0.3) is 0 Å². The number of rotatable bonds is 5. The molecule has 0 fully saturated rings. The summed E-state index contributed by atoms with van der Waals surface area (Å²) in [6.45, 7) is -0.0679. The average molecular weight is 212 g/mol. The van der Waals surface area contributed by atoms with Crippen LogP contribution in [-0.2, 0) is 0 Å². The fraction of sp³-hybridized carbons (Fsp3) is 0.455. The van der Waals surface area contributed by atoms with Crippen molar-refractivity contribution in [1.29, 1.82) is 0 Å². The summed E-state index contributed by atoms with van der Waals surface area (Å²) in [7, 11) is 3.10. The predicted molar refractivity (Wildman–Crippen MR) is 56.2 cm³/mol. The Morgan fingerprint density at radius 1 is 1.27 bits per heavy atom. The van der Waals surface area contributed by atoms with E-state index in [1.54, 1.807) is 25.3 Å². The average Bonchev–Trinajstić information content (AvgIpc) is 2.28. The summed E-state index contributed by atoms with van der Waals surface area (Å²) in [5.41, 5.74) is 0.630. The van der Waals surface area contributed by atoms with E-state index >= 15 is 0 Å². The second-order valence-corrected chi connectivity index (χ2v) is 3.14. The van der Waals surface area contributed by atoms with Gasteiger partial charge in [-0.15, -0.1) is 0 Å². The molecular formula is C11H16O4. The summed E-state index contributed by atoms with van der Waals surface area (Å²) in [6.07, 6.45) is -0.455. The van der Waals surface area contributed by atoms with Crippen molar-refractivity contribution in [3.63, 3.8) is 0 Å². The van der Waals surface area contributed by atoms with Crippen molar-refractivity contribution < 1.29 is 19.7 Å². The summed E-state index contributed by atoms with van der Waals surface area (Å²) in [5.74, 6) is 1.25. The SMILES string of the molecule is COc1ccc(OC)c(C(O)CCO)c1. The normalized spacial score (nSPS) is 12.3. The number of ether oxygens (including phenoxy) is 2. The van der Waals surface area contributed by atoms with Crippen molar-refractivity contribution in [2.75, 3.05) is 20.8 Å². The van der Waals surface area contributed by atoms with Gasteiger partial charge in [0.25, 0.3) is 0 Å². The van der Waals surface area contributed by atoms with Gasteiger partial charge in [0, 0.05) is 18.6 Å². The summed E-state index contributed by atoms with van der Waals surface area (Å²) in [4.78, 5) is 0. The van der Waals surface area contributed by atoms with E-state index < -0.39 is 6.10 Å². The lowest BCUT2D eigenvalue weighted by Gasteiger charge is -2.14. The van der Waals surface area contributed by atoms with Gasteiger partial charge in [0.05, 0.1) is 20.3 Å². The van der Waals surface area contributed by atoms with E-state index in [1.165, 1.54) is 7.11 Å². The smallest absolute Gasteiger partial charge is 0.124 e. The maximum atomic E-state index is 9.76. The molecule has 0 saturated carbocycles. The second kappa shape index (κ2) is 5.58. The minimum atomic E-state index is -0.736. The van der Waals surface area contributed by atoms with Crippen molar-refractivity contribution in [2.45, 2.75) is 12.5 Å². The van der Waals surface area contributed by atoms with Gasteiger partial charge in [-0.05, 0) is 18.2 Å². The number of hydrogen-bond donors (Lipinski definition) is 2. The maximum Gasteiger partial charge on any atom is 0.124 e. The lowest BCUT2D eigenvalue weighted by Crippen LogP contribution is -2.03. The second-order valence-electron chi connectivity index (χ2n) is 3.14. The molecule has 0 aliphatic rings. The zero-order chi connectivity index (χ0) is 11.3. The molecule has 4 nitrogen and oxygen atoms in total. The van der Waals surface area contributed by atoms with E-state index in [0.717, 1.165) is 0 Å². The van der Waals surface area contributed by atoms with E-state index in [1.807, 2.05) is 0 Å². The van der Waals surface area contributed by atoms with Crippen LogP contribution >= 0.6 is 0 Å². The van der Waals surface area contributed by atoms with Gasteiger partial charge in [0.15, 0.2) is 0 Å². The van der Waals surface area contributed by atoms with Gasteiger partial charge in [-0.1, -0.05) is 0 Å². The molecule has 0 radical (unpaired) electrons. The van der Waals surface area contributed by atoms with Crippen LogP contribution < -0.4 is 9.47 Å². The molecule has 1 rings (SSSR count). The molecule has 0 aromatic heterocycles. The van der Waals surface area contributed by atoms with Crippen LogP contribution in [0, 0.1) is 0 Å². The van der Waals surface area contributed by atoms with Crippen LogP contribution in [0.2, 0.25) is 0 Å². The van der Waals surface area contributed by atoms with Gasteiger partial charge in [0.2, 0.25) is 0 Å². The van der Waals surface area contributed by atoms with Crippen LogP contribution in [0.3, 0.4) is 0 Å². The zero-order valence-corrected chi connectivity index (χ0v) is 8.93. The summed E-state index contributed by atoms with van der Waals surface area (Å²) >= 11 is 0. The van der Waals surface area contributed by atoms with E-state index in [2.05, 4.69) is 0 Å². The largest absolute Gasteiger partial charge is 0.497 e. The van der Waals surface area contributed by atoms with Gasteiger partial charge in [-0.2, -0.15) is 0 Å². The summed E-state index contributed by atoms with van der Waals surface area (Å²) < 4.78 is 10.2. The fourth-order valence-corrected chi connectivity index (χ4v) is 1.38. The first-order valence-electron chi connectivity index (χ1n) is 4.73. The lowest BCUT2D eigenvalue weighted by molar-refractivity contribution is 0.131. The van der Waals surface area contributed by atoms with Crippen LogP contribution in [0.1, 0.15) is 18.1 Å². The fourth-order valence-electron chi connectivity index (χ4n) is 1.38. The monoisotopic (exact) mass is 212 g/mol. The molecule has 1 unspecified atom stereocenters. The highest BCUT2D eigenvalue weighted by Crippen LogP contribution is 2.30. The van der Waals surface area contributed by atoms with Gasteiger partial charge < -0.3 is 19.7 Å². The van der Waals surface area contributed by atoms with Crippen LogP contribution in [0.4, 0.5) is 0 Å². The molecule has 0 amide bonds. The minimum absolute atomic E-state index is 0.0679. The molecule has 1 aromatic rings. The first kappa shape index (κ1) is 11.8. The Kier molecular flexibility index (Phi) is 4.39. The van der Waals surface area contributed by atoms with Crippen molar-refractivity contribution in [3.8, 4) is 11.5 Å². The Balaban J connectivity index is 3.00. The van der Waals surface area contributed by atoms with E-state index in [-0.39, 0.29) is 13.0 Å². The zero-order valence-electron chi connectivity index (χ0n) is 8.93. The van der Waals surface area contributed by atoms with Crippen molar-refractivity contribution >= 4 is 0 Å². The predicted octanol–water partition coefficient (Wildman–Crippen LogP) is 1.12. The van der Waals surface area contributed by atoms with Crippen molar-refractivity contribution in [1.82, 2.24) is 0 Å². The molecule has 0 heterocycles. The van der Waals surface area contributed by atoms with E-state index in [0.29, 0.717) is 17.1 Å². The Morgan fingerprint density at radius 3 is 2.53 bits per heavy atom. The number of aliphatic hydroxyl groups is 2. The molecule has 1 atom stereocenters. The topological polar surface area (TPSA) is 58.9 Å². The molecule has 2 N–H and O–H groups in total. The van der Waals surface area contributed by atoms with Gasteiger partial charge >= 0.3 is 0 Å². The Labute approximate surface area is 89.1 Å². The molecular weight excluding hydrogens is 196 g/mol. The molecule has 4 heteroatoms. The lowest BCUT2D eigenvalue weighted by atomic mass is 10.1. The van der Waals surface area contributed by atoms with Gasteiger partial charge in [-0.25, -0.2) is 0 Å². The third kappa shape index (κ3) is 2.84. The van der Waals surface area contributed by atoms with Crippen molar-refractivity contribution in [2.24, 2.45) is 0 Å². The number of hydrogen-bond acceptors (Lipinski definition) is 4. The Morgan fingerprint density at radius 2 is 2.00 bits per heavy atom. The minimum Gasteiger partial charge on any atom is -0.497 e. The van der Waals surface area contributed by atoms with Gasteiger partial charge in [0.1, 0.15) is 11.5 Å².